The molecule has 0 unspecified atom stereocenters. The summed E-state index contributed by atoms with van der Waals surface area (Å²) in [5.41, 5.74) is 1.85. The molecule has 7 nitrogen and oxygen atoms in total. The van der Waals surface area contributed by atoms with Crippen LogP contribution in [0.4, 0.5) is 35.0 Å². The zero-order valence-electron chi connectivity index (χ0n) is 19.4. The number of pyridine rings is 1. The van der Waals surface area contributed by atoms with Gasteiger partial charge in [0.2, 0.25) is 0 Å². The van der Waals surface area contributed by atoms with Crippen LogP contribution in [0.25, 0.3) is 0 Å². The van der Waals surface area contributed by atoms with Crippen LogP contribution in [0.2, 0.25) is 0 Å². The molecule has 3 aromatic rings. The Morgan fingerprint density at radius 2 is 1.61 bits per heavy atom. The molecule has 2 heterocycles. The Kier molecular flexibility index (Phi) is 7.72. The second-order valence-corrected chi connectivity index (χ2v) is 8.48. The molecular formula is C26H26F3N5O2. The Morgan fingerprint density at radius 3 is 2.28 bits per heavy atom. The van der Waals surface area contributed by atoms with Gasteiger partial charge in [0.15, 0.2) is 0 Å². The number of nitrogens with zero attached hydrogens (tertiary/aromatic N) is 2. The van der Waals surface area contributed by atoms with E-state index in [1.165, 1.54) is 12.1 Å². The Hall–Kier alpha value is -4.08. The number of rotatable bonds is 6. The first-order chi connectivity index (χ1) is 17.3. The maximum absolute atomic E-state index is 13.1. The molecule has 0 aliphatic carbocycles. The average Bonchev–Trinajstić information content (AvgIpc) is 2.88. The van der Waals surface area contributed by atoms with Crippen LogP contribution < -0.4 is 20.9 Å². The van der Waals surface area contributed by atoms with Crippen molar-refractivity contribution in [2.75, 3.05) is 28.6 Å². The van der Waals surface area contributed by atoms with Crippen molar-refractivity contribution in [2.24, 2.45) is 0 Å². The van der Waals surface area contributed by atoms with Crippen molar-refractivity contribution in [1.82, 2.24) is 10.3 Å². The first-order valence-electron chi connectivity index (χ1n) is 11.6. The summed E-state index contributed by atoms with van der Waals surface area (Å²) in [6, 6.07) is 12.3. The molecule has 3 amide bonds. The minimum absolute atomic E-state index is 0.208. The fourth-order valence-corrected chi connectivity index (χ4v) is 4.02. The van der Waals surface area contributed by atoms with E-state index in [2.05, 4.69) is 25.8 Å². The van der Waals surface area contributed by atoms with E-state index >= 15 is 0 Å². The molecule has 1 aliphatic rings. The molecule has 0 radical (unpaired) electrons. The quantitative estimate of drug-likeness (QED) is 0.410. The summed E-state index contributed by atoms with van der Waals surface area (Å²) < 4.78 is 38.3. The Bertz CT molecular complexity index is 1190. The highest BCUT2D eigenvalue weighted by Gasteiger charge is 2.30. The first kappa shape index (κ1) is 25.0. The molecule has 0 spiro atoms. The maximum Gasteiger partial charge on any atom is 0.416 e. The summed E-state index contributed by atoms with van der Waals surface area (Å²) in [7, 11) is 0. The van der Waals surface area contributed by atoms with Gasteiger partial charge in [-0.2, -0.15) is 13.2 Å². The van der Waals surface area contributed by atoms with Crippen LogP contribution in [0.5, 0.6) is 0 Å². The molecule has 188 valence electrons. The van der Waals surface area contributed by atoms with Crippen molar-refractivity contribution in [3.63, 3.8) is 0 Å². The van der Waals surface area contributed by atoms with Gasteiger partial charge in [-0.05, 0) is 73.4 Å². The van der Waals surface area contributed by atoms with Crippen molar-refractivity contribution in [3.8, 4) is 0 Å². The highest BCUT2D eigenvalue weighted by Crippen LogP contribution is 2.30. The standard InChI is InChI=1S/C26H26F3N5O2/c27-26(28,29)19-6-8-20(9-7-19)32-25(36)33-21-10-11-23(34-13-2-1-3-14-34)22(15-21)24(35)31-17-18-5-4-12-30-16-18/h4-12,15-16H,1-3,13-14,17H2,(H,31,35)(H2,32,33,36). The van der Waals surface area contributed by atoms with Gasteiger partial charge in [-0.1, -0.05) is 6.07 Å². The minimum Gasteiger partial charge on any atom is -0.371 e. The lowest BCUT2D eigenvalue weighted by Gasteiger charge is -2.30. The summed E-state index contributed by atoms with van der Waals surface area (Å²) in [5.74, 6) is -0.286. The summed E-state index contributed by atoms with van der Waals surface area (Å²) in [6.45, 7) is 1.98. The van der Waals surface area contributed by atoms with Gasteiger partial charge in [-0.3, -0.25) is 9.78 Å². The summed E-state index contributed by atoms with van der Waals surface area (Å²) >= 11 is 0. The van der Waals surface area contributed by atoms with E-state index in [4.69, 9.17) is 0 Å². The van der Waals surface area contributed by atoms with Crippen LogP contribution in [0.15, 0.2) is 67.0 Å². The van der Waals surface area contributed by atoms with Crippen molar-refractivity contribution >= 4 is 29.0 Å². The third-order valence-corrected chi connectivity index (χ3v) is 5.84. The predicted octanol–water partition coefficient (Wildman–Crippen LogP) is 5.66. The lowest BCUT2D eigenvalue weighted by atomic mass is 10.1. The molecule has 1 saturated heterocycles. The predicted molar refractivity (Wildman–Crippen MR) is 132 cm³/mol. The molecule has 0 saturated carbocycles. The summed E-state index contributed by atoms with van der Waals surface area (Å²) in [4.78, 5) is 31.8. The summed E-state index contributed by atoms with van der Waals surface area (Å²) in [6.07, 6.45) is 2.09. The molecule has 1 fully saturated rings. The Morgan fingerprint density at radius 1 is 0.917 bits per heavy atom. The van der Waals surface area contributed by atoms with Gasteiger partial charge in [0.25, 0.3) is 5.91 Å². The fraction of sp³-hybridized carbons (Fsp3) is 0.269. The zero-order valence-corrected chi connectivity index (χ0v) is 19.4. The van der Waals surface area contributed by atoms with Gasteiger partial charge in [0.1, 0.15) is 0 Å². The first-order valence-corrected chi connectivity index (χ1v) is 11.6. The normalized spacial score (nSPS) is 13.7. The van der Waals surface area contributed by atoms with Crippen molar-refractivity contribution in [1.29, 1.82) is 0 Å². The molecule has 1 aliphatic heterocycles. The average molecular weight is 498 g/mol. The van der Waals surface area contributed by atoms with Gasteiger partial charge >= 0.3 is 12.2 Å². The van der Waals surface area contributed by atoms with Crippen LogP contribution in [-0.2, 0) is 12.7 Å². The third kappa shape index (κ3) is 6.53. The molecule has 4 rings (SSSR count). The smallest absolute Gasteiger partial charge is 0.371 e. The van der Waals surface area contributed by atoms with E-state index in [0.717, 1.165) is 55.7 Å². The van der Waals surface area contributed by atoms with Crippen LogP contribution in [0, 0.1) is 0 Å². The zero-order chi connectivity index (χ0) is 25.5. The monoisotopic (exact) mass is 497 g/mol. The number of aromatic nitrogens is 1. The van der Waals surface area contributed by atoms with Crippen LogP contribution in [-0.4, -0.2) is 30.0 Å². The molecule has 1 aromatic heterocycles. The molecule has 0 bridgehead atoms. The number of hydrogen-bond acceptors (Lipinski definition) is 4. The Labute approximate surface area is 206 Å². The van der Waals surface area contributed by atoms with Crippen molar-refractivity contribution in [2.45, 2.75) is 32.0 Å². The molecule has 10 heteroatoms. The number of benzene rings is 2. The van der Waals surface area contributed by atoms with E-state index in [9.17, 15) is 22.8 Å². The lowest BCUT2D eigenvalue weighted by molar-refractivity contribution is -0.137. The molecule has 3 N–H and O–H groups in total. The minimum atomic E-state index is -4.45. The molecular weight excluding hydrogens is 471 g/mol. The number of carbonyl (C=O) groups is 2. The van der Waals surface area contributed by atoms with Gasteiger partial charge in [0, 0.05) is 49.1 Å². The number of halogens is 3. The topological polar surface area (TPSA) is 86.4 Å². The number of nitrogens with one attached hydrogen (secondary N) is 3. The number of piperidine rings is 1. The van der Waals surface area contributed by atoms with E-state index in [1.54, 1.807) is 36.7 Å². The highest BCUT2D eigenvalue weighted by molar-refractivity contribution is 6.04. The summed E-state index contributed by atoms with van der Waals surface area (Å²) in [5, 5.41) is 8.07. The van der Waals surface area contributed by atoms with E-state index in [-0.39, 0.29) is 11.6 Å². The van der Waals surface area contributed by atoms with E-state index < -0.39 is 17.8 Å². The SMILES string of the molecule is O=C(Nc1ccc(C(F)(F)F)cc1)Nc1ccc(N2CCCCC2)c(C(=O)NCc2cccnc2)c1. The van der Waals surface area contributed by atoms with Gasteiger partial charge in [-0.25, -0.2) is 4.79 Å². The second-order valence-electron chi connectivity index (χ2n) is 8.48. The maximum atomic E-state index is 13.1. The molecule has 36 heavy (non-hydrogen) atoms. The van der Waals surface area contributed by atoms with Gasteiger partial charge in [0.05, 0.1) is 11.1 Å². The molecule has 0 atom stereocenters. The molecule has 2 aromatic carbocycles. The second kappa shape index (κ2) is 11.1. The fourth-order valence-electron chi connectivity index (χ4n) is 4.02. The van der Waals surface area contributed by atoms with E-state index in [1.807, 2.05) is 6.07 Å². The van der Waals surface area contributed by atoms with Gasteiger partial charge < -0.3 is 20.9 Å². The van der Waals surface area contributed by atoms with Crippen molar-refractivity contribution in [3.05, 3.63) is 83.7 Å². The van der Waals surface area contributed by atoms with Gasteiger partial charge in [-0.15, -0.1) is 0 Å². The van der Waals surface area contributed by atoms with Crippen LogP contribution >= 0.6 is 0 Å². The lowest BCUT2D eigenvalue weighted by Crippen LogP contribution is -2.33. The van der Waals surface area contributed by atoms with Crippen LogP contribution in [0.3, 0.4) is 0 Å². The Balaban J connectivity index is 1.48. The number of anilines is 3. The number of hydrogen-bond donors (Lipinski definition) is 3. The number of amides is 3. The highest BCUT2D eigenvalue weighted by atomic mass is 19.4. The van der Waals surface area contributed by atoms with Crippen molar-refractivity contribution < 1.29 is 22.8 Å². The van der Waals surface area contributed by atoms with Crippen LogP contribution in [0.1, 0.15) is 40.7 Å². The number of alkyl halides is 3. The largest absolute Gasteiger partial charge is 0.416 e. The number of urea groups is 1. The number of carbonyl (C=O) groups excluding carboxylic acids is 2. The third-order valence-electron chi connectivity index (χ3n) is 5.84. The van der Waals surface area contributed by atoms with E-state index in [0.29, 0.717) is 17.8 Å².